The normalized spacial score (nSPS) is 10.5. The van der Waals surface area contributed by atoms with Gasteiger partial charge in [0.15, 0.2) is 5.82 Å². The number of likely N-dealkylation sites (N-methyl/N-ethyl adjacent to an activating group) is 1. The van der Waals surface area contributed by atoms with Crippen LogP contribution in [0.15, 0.2) is 52.7 Å². The number of azo groups is 1. The van der Waals surface area contributed by atoms with Gasteiger partial charge in [0.05, 0.1) is 32.8 Å². The van der Waals surface area contributed by atoms with Crippen LogP contribution in [0.4, 0.5) is 23.0 Å². The van der Waals surface area contributed by atoms with Gasteiger partial charge in [0.25, 0.3) is 0 Å². The zero-order chi connectivity index (χ0) is 18.2. The Morgan fingerprint density at radius 2 is 1.68 bits per heavy atom. The first-order valence-corrected chi connectivity index (χ1v) is 7.16. The minimum Gasteiger partial charge on any atom is -0.544 e. The maximum atomic E-state index is 9.89. The number of carboxylic acids is 1. The van der Waals surface area contributed by atoms with Gasteiger partial charge >= 0.3 is 0 Å². The van der Waals surface area contributed by atoms with Crippen LogP contribution in [0.25, 0.3) is 0 Å². The van der Waals surface area contributed by atoms with Crippen molar-refractivity contribution in [3.63, 3.8) is 0 Å². The highest BCUT2D eigenvalue weighted by atomic mass is 35.5. The van der Waals surface area contributed by atoms with Crippen molar-refractivity contribution in [1.29, 1.82) is 0 Å². The number of aromatic nitrogens is 1. The van der Waals surface area contributed by atoms with Gasteiger partial charge in [-0.1, -0.05) is 18.2 Å². The topological polar surface area (TPSA) is 130 Å². The lowest BCUT2D eigenvalue weighted by atomic mass is 10.3. The van der Waals surface area contributed by atoms with Crippen molar-refractivity contribution in [2.75, 3.05) is 39.2 Å². The van der Waals surface area contributed by atoms with Gasteiger partial charge in [-0.15, -0.1) is 17.5 Å². The molecule has 8 nitrogen and oxygen atoms in total. The molecule has 0 fully saturated rings. The summed E-state index contributed by atoms with van der Waals surface area (Å²) in [5.74, 6) is -0.353. The second-order valence-electron chi connectivity index (χ2n) is 6.00. The van der Waals surface area contributed by atoms with Crippen LogP contribution in [-0.2, 0) is 4.79 Å². The van der Waals surface area contributed by atoms with E-state index in [1.807, 2.05) is 30.3 Å². The number of nitrogens with zero attached hydrogens (tertiary/aromatic N) is 4. The molecule has 9 heteroatoms. The Morgan fingerprint density at radius 3 is 2.12 bits per heavy atom. The number of pyridine rings is 1. The second kappa shape index (κ2) is 10.2. The molecule has 1 aromatic heterocycles. The quantitative estimate of drug-likeness (QED) is 0.625. The maximum absolute atomic E-state index is 9.89. The molecule has 0 saturated heterocycles. The number of aliphatic carboxylic acids is 1. The van der Waals surface area contributed by atoms with Gasteiger partial charge < -0.3 is 25.9 Å². The molecule has 0 aliphatic rings. The molecule has 0 aliphatic carbocycles. The molecular weight excluding hydrogens is 344 g/mol. The molecule has 0 amide bonds. The average molecular weight is 367 g/mol. The Bertz CT molecular complexity index is 702. The number of nitrogens with two attached hydrogens (primary N) is 2. The lowest BCUT2D eigenvalue weighted by Crippen LogP contribution is -2.45. The molecule has 0 radical (unpaired) electrons. The molecule has 0 unspecified atom stereocenters. The largest absolute Gasteiger partial charge is 0.544 e. The summed E-state index contributed by atoms with van der Waals surface area (Å²) in [5.41, 5.74) is 12.4. The zero-order valence-electron chi connectivity index (χ0n) is 14.4. The smallest absolute Gasteiger partial charge is 0.153 e. The van der Waals surface area contributed by atoms with E-state index in [0.717, 1.165) is 5.69 Å². The molecule has 0 atom stereocenters. The van der Waals surface area contributed by atoms with E-state index in [1.165, 1.54) is 0 Å². The third kappa shape index (κ3) is 9.90. The molecule has 25 heavy (non-hydrogen) atoms. The molecule has 4 N–H and O–H groups in total. The fourth-order valence-corrected chi connectivity index (χ4v) is 1.56. The van der Waals surface area contributed by atoms with E-state index in [-0.39, 0.29) is 24.8 Å². The molecule has 1 heterocycles. The maximum Gasteiger partial charge on any atom is 0.153 e. The summed E-state index contributed by atoms with van der Waals surface area (Å²) in [7, 11) is 5.40. The van der Waals surface area contributed by atoms with Gasteiger partial charge in [0, 0.05) is 0 Å². The van der Waals surface area contributed by atoms with Crippen molar-refractivity contribution < 1.29 is 14.4 Å². The predicted molar refractivity (Wildman–Crippen MR) is 98.8 cm³/mol. The standard InChI is InChI=1S/C11H11N5.C5H11NO2.ClH/c12-10-7-6-9(11(13)14-10)16-15-8-4-2-1-3-5-8;1-6(2,3)4-5(7)8;/h1-7H,(H4,12,13,14);4H2,1-3H3;1H. The molecule has 136 valence electrons. The van der Waals surface area contributed by atoms with Crippen molar-refractivity contribution in [2.45, 2.75) is 0 Å². The van der Waals surface area contributed by atoms with Crippen LogP contribution in [0.5, 0.6) is 0 Å². The number of nitrogen functional groups attached to an aromatic ring is 2. The second-order valence-corrected chi connectivity index (χ2v) is 6.00. The number of hydrogen-bond acceptors (Lipinski definition) is 7. The lowest BCUT2D eigenvalue weighted by molar-refractivity contribution is -0.864. The van der Waals surface area contributed by atoms with E-state index in [4.69, 9.17) is 11.5 Å². The van der Waals surface area contributed by atoms with Crippen LogP contribution in [0.2, 0.25) is 0 Å². The number of carboxylic acid groups (broad SMARTS) is 1. The van der Waals surface area contributed by atoms with Crippen LogP contribution in [0.3, 0.4) is 0 Å². The summed E-state index contributed by atoms with van der Waals surface area (Å²) >= 11 is 0. The fraction of sp³-hybridized carbons (Fsp3) is 0.250. The van der Waals surface area contributed by atoms with Gasteiger partial charge in [-0.2, -0.15) is 5.11 Å². The van der Waals surface area contributed by atoms with Crippen LogP contribution in [-0.4, -0.2) is 43.1 Å². The van der Waals surface area contributed by atoms with Crippen molar-refractivity contribution in [1.82, 2.24) is 4.98 Å². The SMILES string of the molecule is C[N+](C)(C)CC(=O)[O-].Cl.Nc1ccc(N=Nc2ccccc2)c(N)n1. The first-order valence-electron chi connectivity index (χ1n) is 7.16. The van der Waals surface area contributed by atoms with Crippen molar-refractivity contribution >= 4 is 41.4 Å². The molecule has 2 aromatic rings. The highest BCUT2D eigenvalue weighted by Gasteiger charge is 2.04. The molecule has 0 bridgehead atoms. The van der Waals surface area contributed by atoms with E-state index < -0.39 is 5.97 Å². The molecule has 2 rings (SSSR count). The predicted octanol–water partition coefficient (Wildman–Crippen LogP) is 1.53. The van der Waals surface area contributed by atoms with Crippen molar-refractivity contribution in [2.24, 2.45) is 10.2 Å². The molecule has 0 saturated carbocycles. The fourth-order valence-electron chi connectivity index (χ4n) is 1.56. The average Bonchev–Trinajstić information content (AvgIpc) is 2.45. The van der Waals surface area contributed by atoms with E-state index >= 15 is 0 Å². The van der Waals surface area contributed by atoms with Gasteiger partial charge in [-0.3, -0.25) is 0 Å². The molecule has 0 spiro atoms. The monoisotopic (exact) mass is 366 g/mol. The number of quaternary nitrogens is 1. The minimum atomic E-state index is -1.00. The summed E-state index contributed by atoms with van der Waals surface area (Å²) in [6.45, 7) is 0.0694. The highest BCUT2D eigenvalue weighted by Crippen LogP contribution is 2.23. The van der Waals surface area contributed by atoms with Gasteiger partial charge in [0.1, 0.15) is 18.1 Å². The van der Waals surface area contributed by atoms with Crippen LogP contribution in [0.1, 0.15) is 0 Å². The van der Waals surface area contributed by atoms with E-state index in [1.54, 1.807) is 33.3 Å². The number of rotatable bonds is 4. The van der Waals surface area contributed by atoms with E-state index in [2.05, 4.69) is 15.2 Å². The van der Waals surface area contributed by atoms with Gasteiger partial charge in [-0.25, -0.2) is 4.98 Å². The lowest BCUT2D eigenvalue weighted by Gasteiger charge is -2.23. The molecule has 1 aromatic carbocycles. The third-order valence-corrected chi connectivity index (χ3v) is 2.56. The third-order valence-electron chi connectivity index (χ3n) is 2.56. The van der Waals surface area contributed by atoms with Crippen molar-refractivity contribution in [3.8, 4) is 0 Å². The van der Waals surface area contributed by atoms with Crippen LogP contribution in [0, 0.1) is 0 Å². The van der Waals surface area contributed by atoms with E-state index in [0.29, 0.717) is 16.0 Å². The molecule has 0 aliphatic heterocycles. The zero-order valence-corrected chi connectivity index (χ0v) is 15.2. The van der Waals surface area contributed by atoms with Crippen LogP contribution >= 0.6 is 12.4 Å². The number of carbonyl (C=O) groups is 1. The first kappa shape index (κ1) is 22.3. The Labute approximate surface area is 153 Å². The highest BCUT2D eigenvalue weighted by molar-refractivity contribution is 5.85. The summed E-state index contributed by atoms with van der Waals surface area (Å²) in [6.07, 6.45) is 0. The summed E-state index contributed by atoms with van der Waals surface area (Å²) in [6, 6.07) is 12.7. The summed E-state index contributed by atoms with van der Waals surface area (Å²) in [4.78, 5) is 13.8. The number of anilines is 2. The summed E-state index contributed by atoms with van der Waals surface area (Å²) < 4.78 is 0.419. The van der Waals surface area contributed by atoms with Crippen LogP contribution < -0.4 is 16.6 Å². The van der Waals surface area contributed by atoms with Gasteiger partial charge in [-0.05, 0) is 24.3 Å². The molecular formula is C16H23ClN6O2. The Morgan fingerprint density at radius 1 is 1.08 bits per heavy atom. The number of carbonyl (C=O) groups excluding carboxylic acids is 1. The number of benzene rings is 1. The minimum absolute atomic E-state index is 0. The Hall–Kier alpha value is -2.71. The number of halogens is 1. The van der Waals surface area contributed by atoms with Gasteiger partial charge in [0.2, 0.25) is 0 Å². The van der Waals surface area contributed by atoms with E-state index in [9.17, 15) is 9.90 Å². The number of hydrogen-bond donors (Lipinski definition) is 2. The Kier molecular flexibility index (Phi) is 9.11. The summed E-state index contributed by atoms with van der Waals surface area (Å²) in [5, 5.41) is 17.9. The van der Waals surface area contributed by atoms with Crippen molar-refractivity contribution in [3.05, 3.63) is 42.5 Å². The first-order chi connectivity index (χ1) is 11.2. The Balaban J connectivity index is 0.000000552.